The van der Waals surface area contributed by atoms with Crippen molar-refractivity contribution in [3.05, 3.63) is 0 Å². The number of aliphatic hydroxyl groups excluding tert-OH is 1. The van der Waals surface area contributed by atoms with Crippen LogP contribution in [0.2, 0.25) is 0 Å². The molecule has 3 nitrogen and oxygen atoms in total. The van der Waals surface area contributed by atoms with Gasteiger partial charge in [0.2, 0.25) is 5.91 Å². The molecule has 1 amide bonds. The van der Waals surface area contributed by atoms with Crippen molar-refractivity contribution in [3.8, 4) is 0 Å². The smallest absolute Gasteiger partial charge is 0.267 e. The molecule has 5 heteroatoms. The van der Waals surface area contributed by atoms with Crippen molar-refractivity contribution in [2.24, 2.45) is 0 Å². The summed E-state index contributed by atoms with van der Waals surface area (Å²) in [5.74, 6) is -3.54. The van der Waals surface area contributed by atoms with Crippen LogP contribution in [-0.4, -0.2) is 29.1 Å². The Morgan fingerprint density at radius 1 is 1.69 bits per heavy atom. The number of alkyl halides is 2. The van der Waals surface area contributed by atoms with Crippen molar-refractivity contribution in [2.45, 2.75) is 44.3 Å². The van der Waals surface area contributed by atoms with Gasteiger partial charge in [-0.2, -0.15) is 0 Å². The molecule has 0 aliphatic heterocycles. The Morgan fingerprint density at radius 2 is 2.31 bits per heavy atom. The van der Waals surface area contributed by atoms with Gasteiger partial charge in [0.05, 0.1) is 6.04 Å². The zero-order valence-corrected chi connectivity index (χ0v) is 7.39. The third-order valence-corrected chi connectivity index (χ3v) is 2.21. The second-order valence-electron chi connectivity index (χ2n) is 3.39. The van der Waals surface area contributed by atoms with Gasteiger partial charge >= 0.3 is 0 Å². The Hall–Kier alpha value is -0.710. The molecule has 1 saturated carbocycles. The van der Waals surface area contributed by atoms with Gasteiger partial charge in [-0.25, -0.2) is 8.78 Å². The molecule has 13 heavy (non-hydrogen) atoms. The highest BCUT2D eigenvalue weighted by molar-refractivity contribution is 5.80. The Balaban J connectivity index is 2.50. The second-order valence-corrected chi connectivity index (χ2v) is 3.39. The summed E-state index contributed by atoms with van der Waals surface area (Å²) in [4.78, 5) is 10.9. The maximum absolute atomic E-state index is 12.9. The number of nitrogens with one attached hydrogen (secondary N) is 1. The summed E-state index contributed by atoms with van der Waals surface area (Å²) in [6, 6.07) is -1.10. The van der Waals surface area contributed by atoms with Crippen molar-refractivity contribution in [2.75, 3.05) is 0 Å². The monoisotopic (exact) mass is 193 g/mol. The van der Waals surface area contributed by atoms with E-state index < -0.39 is 24.0 Å². The van der Waals surface area contributed by atoms with E-state index in [0.717, 1.165) is 0 Å². The maximum atomic E-state index is 12.9. The number of aliphatic hydroxyl groups is 1. The number of hydrogen-bond acceptors (Lipinski definition) is 2. The van der Waals surface area contributed by atoms with E-state index in [9.17, 15) is 13.6 Å². The summed E-state index contributed by atoms with van der Waals surface area (Å²) < 4.78 is 25.9. The van der Waals surface area contributed by atoms with Gasteiger partial charge in [-0.3, -0.25) is 4.79 Å². The lowest BCUT2D eigenvalue weighted by Gasteiger charge is -2.20. The minimum absolute atomic E-state index is 0.183. The van der Waals surface area contributed by atoms with Crippen LogP contribution in [0.15, 0.2) is 0 Å². The molecule has 2 N–H and O–H groups in total. The second kappa shape index (κ2) is 3.57. The fraction of sp³-hybridized carbons (Fsp3) is 0.875. The third kappa shape index (κ3) is 2.37. The highest BCUT2D eigenvalue weighted by Gasteiger charge is 2.44. The molecule has 1 fully saturated rings. The summed E-state index contributed by atoms with van der Waals surface area (Å²) in [5.41, 5.74) is 0. The number of halogens is 2. The summed E-state index contributed by atoms with van der Waals surface area (Å²) in [6.07, 6.45) is -0.711. The van der Waals surface area contributed by atoms with Crippen LogP contribution in [0, 0.1) is 0 Å². The summed E-state index contributed by atoms with van der Waals surface area (Å²) in [6.45, 7) is 1.25. The lowest BCUT2D eigenvalue weighted by Crippen LogP contribution is -2.47. The van der Waals surface area contributed by atoms with Crippen LogP contribution in [0.25, 0.3) is 0 Å². The van der Waals surface area contributed by atoms with E-state index in [2.05, 4.69) is 5.32 Å². The van der Waals surface area contributed by atoms with E-state index in [1.54, 1.807) is 0 Å². The van der Waals surface area contributed by atoms with E-state index in [1.807, 2.05) is 0 Å². The standard InChI is InChI=1S/C8H13F2NO2/c1-5(12)7(13)11-6-3-2-4-8(6,9)10/h5-6,12H,2-4H2,1H3,(H,11,13). The number of amides is 1. The normalized spacial score (nSPS) is 28.5. The molecule has 0 aromatic heterocycles. The number of carbonyl (C=O) groups is 1. The topological polar surface area (TPSA) is 49.3 Å². The fourth-order valence-corrected chi connectivity index (χ4v) is 1.40. The highest BCUT2D eigenvalue weighted by atomic mass is 19.3. The number of carbonyl (C=O) groups excluding carboxylic acids is 1. The average Bonchev–Trinajstić information content (AvgIpc) is 2.30. The van der Waals surface area contributed by atoms with Crippen LogP contribution in [0.3, 0.4) is 0 Å². The average molecular weight is 193 g/mol. The van der Waals surface area contributed by atoms with Gasteiger partial charge in [0.15, 0.2) is 0 Å². The van der Waals surface area contributed by atoms with Crippen LogP contribution in [-0.2, 0) is 4.79 Å². The van der Waals surface area contributed by atoms with E-state index in [4.69, 9.17) is 5.11 Å². The molecule has 0 radical (unpaired) electrons. The van der Waals surface area contributed by atoms with Crippen molar-refractivity contribution < 1.29 is 18.7 Å². The minimum Gasteiger partial charge on any atom is -0.384 e. The van der Waals surface area contributed by atoms with Crippen LogP contribution in [0.4, 0.5) is 8.78 Å². The fourth-order valence-electron chi connectivity index (χ4n) is 1.40. The predicted octanol–water partition coefficient (Wildman–Crippen LogP) is 0.671. The lowest BCUT2D eigenvalue weighted by molar-refractivity contribution is -0.132. The molecule has 0 aromatic rings. The van der Waals surface area contributed by atoms with Crippen LogP contribution >= 0.6 is 0 Å². The van der Waals surface area contributed by atoms with E-state index in [-0.39, 0.29) is 12.8 Å². The van der Waals surface area contributed by atoms with Gasteiger partial charge < -0.3 is 10.4 Å². The SMILES string of the molecule is CC(O)C(=O)NC1CCCC1(F)F. The Kier molecular flexibility index (Phi) is 2.85. The first-order valence-electron chi connectivity index (χ1n) is 4.30. The lowest BCUT2D eigenvalue weighted by atomic mass is 10.2. The van der Waals surface area contributed by atoms with Gasteiger partial charge in [-0.05, 0) is 19.8 Å². The van der Waals surface area contributed by atoms with E-state index in [0.29, 0.717) is 6.42 Å². The van der Waals surface area contributed by atoms with Crippen molar-refractivity contribution in [3.63, 3.8) is 0 Å². The Bertz CT molecular complexity index is 206. The molecule has 76 valence electrons. The first-order valence-corrected chi connectivity index (χ1v) is 4.30. The van der Waals surface area contributed by atoms with Crippen LogP contribution < -0.4 is 5.32 Å². The van der Waals surface area contributed by atoms with Crippen LogP contribution in [0.5, 0.6) is 0 Å². The third-order valence-electron chi connectivity index (χ3n) is 2.21. The molecular formula is C8H13F2NO2. The zero-order valence-electron chi connectivity index (χ0n) is 7.39. The zero-order chi connectivity index (χ0) is 10.1. The van der Waals surface area contributed by atoms with Gasteiger partial charge in [0.25, 0.3) is 5.92 Å². The Morgan fingerprint density at radius 3 is 2.69 bits per heavy atom. The highest BCUT2D eigenvalue weighted by Crippen LogP contribution is 2.34. The number of hydrogen-bond donors (Lipinski definition) is 2. The Labute approximate surface area is 75.1 Å². The molecule has 1 aliphatic carbocycles. The van der Waals surface area contributed by atoms with Gasteiger partial charge in [-0.1, -0.05) is 0 Å². The largest absolute Gasteiger partial charge is 0.384 e. The first-order chi connectivity index (χ1) is 5.93. The molecule has 0 bridgehead atoms. The molecule has 0 heterocycles. The number of rotatable bonds is 2. The molecule has 0 saturated heterocycles. The van der Waals surface area contributed by atoms with E-state index >= 15 is 0 Å². The van der Waals surface area contributed by atoms with Crippen molar-refractivity contribution in [1.82, 2.24) is 5.32 Å². The van der Waals surface area contributed by atoms with Crippen molar-refractivity contribution >= 4 is 5.91 Å². The van der Waals surface area contributed by atoms with Gasteiger partial charge in [-0.15, -0.1) is 0 Å². The summed E-state index contributed by atoms with van der Waals surface area (Å²) in [7, 11) is 0. The molecule has 2 unspecified atom stereocenters. The van der Waals surface area contributed by atoms with E-state index in [1.165, 1.54) is 6.92 Å². The molecule has 0 spiro atoms. The molecule has 1 aliphatic rings. The molecule has 0 aromatic carbocycles. The van der Waals surface area contributed by atoms with Crippen LogP contribution in [0.1, 0.15) is 26.2 Å². The van der Waals surface area contributed by atoms with Crippen molar-refractivity contribution in [1.29, 1.82) is 0 Å². The summed E-state index contributed by atoms with van der Waals surface area (Å²) >= 11 is 0. The quantitative estimate of drug-likeness (QED) is 0.677. The minimum atomic E-state index is -2.81. The first kappa shape index (κ1) is 10.4. The summed E-state index contributed by atoms with van der Waals surface area (Å²) in [5, 5.41) is 10.9. The van der Waals surface area contributed by atoms with Gasteiger partial charge in [0.1, 0.15) is 6.10 Å². The molecular weight excluding hydrogens is 180 g/mol. The molecule has 2 atom stereocenters. The maximum Gasteiger partial charge on any atom is 0.267 e. The predicted molar refractivity (Wildman–Crippen MR) is 42.4 cm³/mol. The van der Waals surface area contributed by atoms with Gasteiger partial charge in [0, 0.05) is 6.42 Å². The molecule has 1 rings (SSSR count).